The van der Waals surface area contributed by atoms with Gasteiger partial charge < -0.3 is 0 Å². The first kappa shape index (κ1) is 18.5. The van der Waals surface area contributed by atoms with E-state index in [1.165, 1.54) is 0 Å². The summed E-state index contributed by atoms with van der Waals surface area (Å²) < 4.78 is 0. The van der Waals surface area contributed by atoms with Crippen LogP contribution in [-0.2, 0) is 10.8 Å². The van der Waals surface area contributed by atoms with Crippen molar-refractivity contribution < 1.29 is 0 Å². The molecule has 23 heavy (non-hydrogen) atoms. The monoisotopic (exact) mass is 366 g/mol. The van der Waals surface area contributed by atoms with Gasteiger partial charge in [-0.1, -0.05) is 41.5 Å². The summed E-state index contributed by atoms with van der Waals surface area (Å²) in [5.74, 6) is 0. The largest absolute Gasteiger partial charge is 0.154 e. The first-order chi connectivity index (χ1) is 10.7. The minimum absolute atomic E-state index is 0.0302. The third kappa shape index (κ3) is 5.65. The highest BCUT2D eigenvalue weighted by atomic mass is 33.5. The van der Waals surface area contributed by atoms with Crippen molar-refractivity contribution in [3.05, 3.63) is 35.7 Å². The van der Waals surface area contributed by atoms with Crippen molar-refractivity contribution in [3.63, 3.8) is 0 Å². The minimum atomic E-state index is 0.0302. The van der Waals surface area contributed by atoms with Crippen molar-refractivity contribution in [1.82, 2.24) is 20.4 Å². The van der Waals surface area contributed by atoms with E-state index in [0.717, 1.165) is 21.4 Å². The van der Waals surface area contributed by atoms with E-state index in [9.17, 15) is 0 Å². The number of rotatable bonds is 4. The van der Waals surface area contributed by atoms with Crippen molar-refractivity contribution in [2.45, 2.75) is 62.4 Å². The Morgan fingerprint density at radius 2 is 1.00 bits per heavy atom. The summed E-state index contributed by atoms with van der Waals surface area (Å²) in [6.45, 7) is 12.8. The van der Waals surface area contributed by atoms with Crippen LogP contribution in [0.5, 0.6) is 0 Å². The molecule has 2 rings (SSSR count). The Bertz CT molecular complexity index is 571. The molecule has 0 saturated carbocycles. The molecule has 0 aliphatic heterocycles. The Morgan fingerprint density at radius 3 is 1.26 bits per heavy atom. The van der Waals surface area contributed by atoms with Crippen LogP contribution < -0.4 is 0 Å². The van der Waals surface area contributed by atoms with Gasteiger partial charge in [-0.2, -0.15) is 10.2 Å². The second-order valence-electron chi connectivity index (χ2n) is 7.25. The van der Waals surface area contributed by atoms with Gasteiger partial charge in [0.15, 0.2) is 0 Å². The summed E-state index contributed by atoms with van der Waals surface area (Å²) in [5, 5.41) is 18.9. The van der Waals surface area contributed by atoms with Gasteiger partial charge >= 0.3 is 0 Å². The average molecular weight is 367 g/mol. The summed E-state index contributed by atoms with van der Waals surface area (Å²) in [4.78, 5) is 0. The van der Waals surface area contributed by atoms with Crippen LogP contribution >= 0.6 is 31.4 Å². The highest BCUT2D eigenvalue weighted by Crippen LogP contribution is 2.42. The molecule has 0 aliphatic rings. The average Bonchev–Trinajstić information content (AvgIpc) is 2.46. The Labute approximate surface area is 149 Å². The van der Waals surface area contributed by atoms with E-state index in [2.05, 4.69) is 61.9 Å². The molecule has 0 N–H and O–H groups in total. The van der Waals surface area contributed by atoms with Gasteiger partial charge in [-0.25, -0.2) is 0 Å². The van der Waals surface area contributed by atoms with Crippen molar-refractivity contribution in [2.24, 2.45) is 0 Å². The zero-order valence-corrected chi connectivity index (χ0v) is 16.8. The fraction of sp³-hybridized carbons (Fsp3) is 0.500. The van der Waals surface area contributed by atoms with Gasteiger partial charge in [-0.3, -0.25) is 0 Å². The molecule has 0 saturated heterocycles. The third-order valence-corrected chi connectivity index (χ3v) is 6.63. The topological polar surface area (TPSA) is 51.6 Å². The van der Waals surface area contributed by atoms with E-state index in [4.69, 9.17) is 0 Å². The quantitative estimate of drug-likeness (QED) is 0.680. The van der Waals surface area contributed by atoms with Crippen LogP contribution in [0.25, 0.3) is 0 Å². The van der Waals surface area contributed by atoms with Crippen LogP contribution in [0.4, 0.5) is 0 Å². The van der Waals surface area contributed by atoms with Crippen LogP contribution in [0, 0.1) is 0 Å². The molecule has 2 heterocycles. The number of aromatic nitrogens is 4. The molecule has 0 spiro atoms. The molecule has 4 nitrogen and oxygen atoms in total. The Hall–Kier alpha value is -0.790. The summed E-state index contributed by atoms with van der Waals surface area (Å²) in [6.07, 6.45) is 0. The van der Waals surface area contributed by atoms with Crippen LogP contribution in [0.3, 0.4) is 0 Å². The van der Waals surface area contributed by atoms with Crippen LogP contribution in [-0.4, -0.2) is 20.4 Å². The molecule has 7 heteroatoms. The zero-order chi connectivity index (χ0) is 17.1. The van der Waals surface area contributed by atoms with E-state index >= 15 is 0 Å². The predicted octanol–water partition coefficient (Wildman–Crippen LogP) is 5.31. The van der Waals surface area contributed by atoms with Crippen molar-refractivity contribution in [2.75, 3.05) is 0 Å². The third-order valence-electron chi connectivity index (χ3n) is 3.06. The van der Waals surface area contributed by atoms with Crippen molar-refractivity contribution >= 4 is 31.4 Å². The van der Waals surface area contributed by atoms with Gasteiger partial charge in [0, 0.05) is 10.8 Å². The highest BCUT2D eigenvalue weighted by molar-refractivity contribution is 9.09. The molecule has 124 valence electrons. The smallest absolute Gasteiger partial charge is 0.130 e. The molecule has 2 aromatic heterocycles. The Morgan fingerprint density at radius 1 is 0.609 bits per heavy atom. The first-order valence-corrected chi connectivity index (χ1v) is 10.8. The summed E-state index contributed by atoms with van der Waals surface area (Å²) >= 11 is 0. The maximum atomic E-state index is 4.29. The number of nitrogens with zero attached hydrogens (tertiary/aromatic N) is 4. The van der Waals surface area contributed by atoms with Gasteiger partial charge in [-0.15, -0.1) is 10.2 Å². The minimum Gasteiger partial charge on any atom is -0.154 e. The summed E-state index contributed by atoms with van der Waals surface area (Å²) in [7, 11) is 4.78. The van der Waals surface area contributed by atoms with Crippen LogP contribution in [0.1, 0.15) is 52.9 Å². The van der Waals surface area contributed by atoms with Gasteiger partial charge in [0.25, 0.3) is 0 Å². The molecular formula is C16H22N4S3. The van der Waals surface area contributed by atoms with Crippen LogP contribution in [0.15, 0.2) is 34.3 Å². The zero-order valence-electron chi connectivity index (χ0n) is 14.3. The van der Waals surface area contributed by atoms with Gasteiger partial charge in [0.05, 0.1) is 11.4 Å². The maximum absolute atomic E-state index is 4.29. The second-order valence-corrected chi connectivity index (χ2v) is 11.2. The van der Waals surface area contributed by atoms with Crippen molar-refractivity contribution in [1.29, 1.82) is 0 Å². The molecule has 0 unspecified atom stereocenters. The molecule has 0 aliphatic carbocycles. The number of hydrogen-bond acceptors (Lipinski definition) is 7. The van der Waals surface area contributed by atoms with Crippen LogP contribution in [0.2, 0.25) is 0 Å². The lowest BCUT2D eigenvalue weighted by Gasteiger charge is -2.16. The molecule has 0 radical (unpaired) electrons. The molecule has 0 fully saturated rings. The lowest BCUT2D eigenvalue weighted by atomic mass is 9.92. The molecule has 2 aromatic rings. The Kier molecular flexibility index (Phi) is 5.97. The molecular weight excluding hydrogens is 344 g/mol. The molecule has 0 atom stereocenters. The lowest BCUT2D eigenvalue weighted by Crippen LogP contribution is -2.14. The highest BCUT2D eigenvalue weighted by Gasteiger charge is 2.17. The van der Waals surface area contributed by atoms with Crippen molar-refractivity contribution in [3.8, 4) is 0 Å². The molecule has 0 aromatic carbocycles. The van der Waals surface area contributed by atoms with Gasteiger partial charge in [0.2, 0.25) is 0 Å². The summed E-state index contributed by atoms with van der Waals surface area (Å²) in [5.41, 5.74) is 2.07. The SMILES string of the molecule is CC(C)(C)c1ccc(SSSc2ccc(C(C)(C)C)nn2)nn1. The van der Waals surface area contributed by atoms with Gasteiger partial charge in [0.1, 0.15) is 10.1 Å². The normalized spacial score (nSPS) is 12.4. The standard InChI is InChI=1S/C16H22N4S3/c1-15(2,3)11-7-9-13(19-17-11)21-23-22-14-10-8-12(18-20-14)16(4,5)6/h7-10H,1-6H3. The second kappa shape index (κ2) is 7.40. The predicted molar refractivity (Wildman–Crippen MR) is 101 cm³/mol. The van der Waals surface area contributed by atoms with Gasteiger partial charge in [-0.05, 0) is 55.7 Å². The number of hydrogen-bond donors (Lipinski definition) is 0. The fourth-order valence-corrected chi connectivity index (χ4v) is 4.80. The summed E-state index contributed by atoms with van der Waals surface area (Å²) in [6, 6.07) is 8.11. The fourth-order valence-electron chi connectivity index (χ4n) is 1.62. The van der Waals surface area contributed by atoms with E-state index in [-0.39, 0.29) is 10.8 Å². The lowest BCUT2D eigenvalue weighted by molar-refractivity contribution is 0.554. The maximum Gasteiger partial charge on any atom is 0.130 e. The molecule has 0 bridgehead atoms. The Balaban J connectivity index is 1.87. The molecule has 0 amide bonds. The first-order valence-electron chi connectivity index (χ1n) is 7.36. The van der Waals surface area contributed by atoms with E-state index < -0.39 is 0 Å². The van der Waals surface area contributed by atoms with E-state index in [0.29, 0.717) is 0 Å². The van der Waals surface area contributed by atoms with E-state index in [1.807, 2.05) is 24.3 Å². The van der Waals surface area contributed by atoms with E-state index in [1.54, 1.807) is 31.4 Å².